The lowest BCUT2D eigenvalue weighted by Gasteiger charge is -2.31. The van der Waals surface area contributed by atoms with Gasteiger partial charge in [-0.25, -0.2) is 0 Å². The number of fused-ring (bicyclic) bond motifs is 13. The average Bonchev–Trinajstić information content (AvgIpc) is 3.87. The van der Waals surface area contributed by atoms with Crippen LogP contribution < -0.4 is 10.6 Å². The van der Waals surface area contributed by atoms with Crippen LogP contribution in [-0.2, 0) is 10.8 Å². The van der Waals surface area contributed by atoms with Crippen molar-refractivity contribution < 1.29 is 0 Å². The maximum Gasteiger partial charge on any atom is 0.0726 e. The molecule has 0 aromatic heterocycles. The van der Waals surface area contributed by atoms with E-state index in [0.717, 1.165) is 45.0 Å². The number of hydrogen-bond donors (Lipinski definition) is 2. The van der Waals surface area contributed by atoms with Gasteiger partial charge in [0.25, 0.3) is 0 Å². The number of benzene rings is 9. The summed E-state index contributed by atoms with van der Waals surface area (Å²) in [4.78, 5) is 0. The number of hydrogen-bond acceptors (Lipinski definition) is 2. The van der Waals surface area contributed by atoms with Gasteiger partial charge in [0.15, 0.2) is 0 Å². The van der Waals surface area contributed by atoms with Crippen LogP contribution in [0.15, 0.2) is 194 Å². The summed E-state index contributed by atoms with van der Waals surface area (Å²) < 4.78 is 0. The summed E-state index contributed by atoms with van der Waals surface area (Å²) in [6.45, 7) is 4.63. The van der Waals surface area contributed by atoms with E-state index in [1.165, 1.54) is 66.8 Å². The molecule has 0 heterocycles. The van der Waals surface area contributed by atoms with Gasteiger partial charge in [-0.3, -0.25) is 0 Å². The van der Waals surface area contributed by atoms with Crippen molar-refractivity contribution in [2.45, 2.75) is 24.7 Å². The molecular weight excluding hydrogens is 796 g/mol. The molecule has 1 spiro atoms. The zero-order valence-corrected chi connectivity index (χ0v) is 35.7. The third-order valence-electron chi connectivity index (χ3n) is 13.6. The molecule has 12 rings (SSSR count). The van der Waals surface area contributed by atoms with E-state index in [0.29, 0.717) is 10.0 Å². The minimum atomic E-state index is -0.589. The molecule has 0 amide bonds. The maximum absolute atomic E-state index is 7.18. The maximum atomic E-state index is 7.18. The van der Waals surface area contributed by atoms with Gasteiger partial charge in [0, 0.05) is 27.9 Å². The van der Waals surface area contributed by atoms with Gasteiger partial charge in [0.05, 0.1) is 26.8 Å². The topological polar surface area (TPSA) is 24.1 Å². The normalized spacial score (nSPS) is 15.6. The molecule has 2 nitrogen and oxygen atoms in total. The third-order valence-corrected chi connectivity index (χ3v) is 14.3. The van der Waals surface area contributed by atoms with Crippen molar-refractivity contribution in [3.63, 3.8) is 0 Å². The van der Waals surface area contributed by atoms with E-state index in [9.17, 15) is 0 Å². The molecule has 0 saturated carbocycles. The van der Waals surface area contributed by atoms with E-state index in [-0.39, 0.29) is 5.41 Å². The van der Waals surface area contributed by atoms with Gasteiger partial charge in [0.2, 0.25) is 0 Å². The van der Waals surface area contributed by atoms with Gasteiger partial charge in [-0.15, -0.1) is 0 Å². The van der Waals surface area contributed by atoms with Crippen LogP contribution >= 0.6 is 23.2 Å². The Bertz CT molecular complexity index is 3310. The second-order valence-corrected chi connectivity index (χ2v) is 18.0. The summed E-state index contributed by atoms with van der Waals surface area (Å²) in [6.07, 6.45) is 0. The Labute approximate surface area is 372 Å². The molecule has 3 aliphatic rings. The predicted molar refractivity (Wildman–Crippen MR) is 261 cm³/mol. The number of anilines is 4. The van der Waals surface area contributed by atoms with Crippen molar-refractivity contribution >= 4 is 46.0 Å². The van der Waals surface area contributed by atoms with Crippen molar-refractivity contribution in [2.24, 2.45) is 0 Å². The second kappa shape index (κ2) is 13.8. The highest BCUT2D eigenvalue weighted by molar-refractivity contribution is 6.34. The third kappa shape index (κ3) is 5.24. The Morgan fingerprint density at radius 3 is 1.55 bits per heavy atom. The largest absolute Gasteiger partial charge is 0.354 e. The Morgan fingerprint density at radius 1 is 0.323 bits per heavy atom. The van der Waals surface area contributed by atoms with Gasteiger partial charge < -0.3 is 10.6 Å². The molecule has 3 aliphatic carbocycles. The van der Waals surface area contributed by atoms with Crippen molar-refractivity contribution in [2.75, 3.05) is 10.6 Å². The molecule has 296 valence electrons. The first-order valence-electron chi connectivity index (χ1n) is 21.2. The Kier molecular flexibility index (Phi) is 8.25. The standard InChI is InChI=1S/C58H40Cl2N2/c1-57(2)42-21-9-6-18-38(42)55-45(57)24-14-28-51(55)62-53-34-36(30-31-49(53)60)41-32-37(35-16-4-3-5-17-35)33-47-54(41)39-19-7-10-22-43(39)58(47)44-23-11-8-20-40(44)56-46(58)25-15-29-52(56)61-50-27-13-12-26-48(50)59/h3-34,61-62H,1-2H3. The predicted octanol–water partition coefficient (Wildman–Crippen LogP) is 16.5. The highest BCUT2D eigenvalue weighted by Gasteiger charge is 2.53. The lowest BCUT2D eigenvalue weighted by Crippen LogP contribution is -2.26. The van der Waals surface area contributed by atoms with Gasteiger partial charge >= 0.3 is 0 Å². The van der Waals surface area contributed by atoms with E-state index in [2.05, 4.69) is 188 Å². The average molecular weight is 836 g/mol. The monoisotopic (exact) mass is 834 g/mol. The van der Waals surface area contributed by atoms with E-state index >= 15 is 0 Å². The second-order valence-electron chi connectivity index (χ2n) is 17.2. The minimum Gasteiger partial charge on any atom is -0.354 e. The molecule has 2 N–H and O–H groups in total. The van der Waals surface area contributed by atoms with Crippen LogP contribution in [0.3, 0.4) is 0 Å². The zero-order chi connectivity index (χ0) is 41.7. The molecule has 4 heteroatoms. The summed E-state index contributed by atoms with van der Waals surface area (Å²) in [6, 6.07) is 70.1. The van der Waals surface area contributed by atoms with Crippen LogP contribution in [0, 0.1) is 0 Å². The molecule has 0 fully saturated rings. The Hall–Kier alpha value is -6.84. The minimum absolute atomic E-state index is 0.111. The van der Waals surface area contributed by atoms with E-state index < -0.39 is 5.41 Å². The van der Waals surface area contributed by atoms with Crippen LogP contribution in [0.1, 0.15) is 47.2 Å². The fraction of sp³-hybridized carbons (Fsp3) is 0.0690. The molecule has 1 unspecified atom stereocenters. The summed E-state index contributed by atoms with van der Waals surface area (Å²) >= 11 is 14.0. The van der Waals surface area contributed by atoms with Gasteiger partial charge in [0.1, 0.15) is 0 Å². The fourth-order valence-electron chi connectivity index (χ4n) is 10.9. The van der Waals surface area contributed by atoms with E-state index in [4.69, 9.17) is 23.2 Å². The van der Waals surface area contributed by atoms with Crippen LogP contribution in [0.5, 0.6) is 0 Å². The quantitative estimate of drug-likeness (QED) is 0.174. The molecule has 9 aromatic carbocycles. The van der Waals surface area contributed by atoms with Gasteiger partial charge in [-0.2, -0.15) is 0 Å². The first-order valence-corrected chi connectivity index (χ1v) is 22.0. The molecular formula is C58H40Cl2N2. The molecule has 9 aromatic rings. The Balaban J connectivity index is 1.10. The fourth-order valence-corrected chi connectivity index (χ4v) is 11.3. The van der Waals surface area contributed by atoms with Crippen molar-refractivity contribution in [3.8, 4) is 55.6 Å². The van der Waals surface area contributed by atoms with Crippen molar-refractivity contribution in [3.05, 3.63) is 238 Å². The van der Waals surface area contributed by atoms with Gasteiger partial charge in [-0.1, -0.05) is 183 Å². The molecule has 0 bridgehead atoms. The molecule has 0 radical (unpaired) electrons. The van der Waals surface area contributed by atoms with E-state index in [1.54, 1.807) is 0 Å². The summed E-state index contributed by atoms with van der Waals surface area (Å²) in [5.41, 5.74) is 22.8. The first kappa shape index (κ1) is 37.0. The zero-order valence-electron chi connectivity index (χ0n) is 34.2. The highest BCUT2D eigenvalue weighted by atomic mass is 35.5. The summed E-state index contributed by atoms with van der Waals surface area (Å²) in [7, 11) is 0. The van der Waals surface area contributed by atoms with E-state index in [1.807, 2.05) is 30.3 Å². The molecule has 0 saturated heterocycles. The summed E-state index contributed by atoms with van der Waals surface area (Å²) in [5.74, 6) is 0. The van der Waals surface area contributed by atoms with Crippen LogP contribution in [-0.4, -0.2) is 0 Å². The smallest absolute Gasteiger partial charge is 0.0726 e. The Morgan fingerprint density at radius 2 is 0.839 bits per heavy atom. The van der Waals surface area contributed by atoms with Gasteiger partial charge in [-0.05, 0) is 126 Å². The van der Waals surface area contributed by atoms with Crippen LogP contribution in [0.2, 0.25) is 10.0 Å². The molecule has 62 heavy (non-hydrogen) atoms. The lowest BCUT2D eigenvalue weighted by molar-refractivity contribution is 0.660. The SMILES string of the molecule is CC1(C)c2ccccc2-c2c(Nc3cc(-c4cc(-c5ccccc5)cc5c4-c4ccccc4C54c5ccccc5-c5c(Nc6ccccc6Cl)cccc54)ccc3Cl)cccc21. The number of halogens is 2. The number of para-hydroxylation sites is 1. The van der Waals surface area contributed by atoms with Crippen molar-refractivity contribution in [1.29, 1.82) is 0 Å². The lowest BCUT2D eigenvalue weighted by atomic mass is 9.70. The highest BCUT2D eigenvalue weighted by Crippen LogP contribution is 2.66. The summed E-state index contributed by atoms with van der Waals surface area (Å²) in [5, 5.41) is 8.95. The number of rotatable bonds is 6. The van der Waals surface area contributed by atoms with Crippen LogP contribution in [0.25, 0.3) is 55.6 Å². The van der Waals surface area contributed by atoms with Crippen LogP contribution in [0.4, 0.5) is 22.7 Å². The molecule has 1 atom stereocenters. The van der Waals surface area contributed by atoms with Crippen molar-refractivity contribution in [1.82, 2.24) is 0 Å². The molecule has 0 aliphatic heterocycles. The first-order chi connectivity index (χ1) is 30.3. The number of nitrogens with one attached hydrogen (secondary N) is 2.